The van der Waals surface area contributed by atoms with Crippen LogP contribution in [0.1, 0.15) is 16.7 Å². The number of nitrogens with zero attached hydrogens (tertiary/aromatic N) is 1. The third kappa shape index (κ3) is 1.76. The second-order valence-electron chi connectivity index (χ2n) is 5.14. The maximum absolute atomic E-state index is 11.7. The van der Waals surface area contributed by atoms with Crippen LogP contribution in [0, 0.1) is 0 Å². The van der Waals surface area contributed by atoms with E-state index >= 15 is 0 Å². The minimum Gasteiger partial charge on any atom is -0.478 e. The Hall–Kier alpha value is -2.88. The molecule has 0 bridgehead atoms. The van der Waals surface area contributed by atoms with Crippen LogP contribution in [0.25, 0.3) is 11.6 Å². The van der Waals surface area contributed by atoms with Gasteiger partial charge in [0.15, 0.2) is 0 Å². The van der Waals surface area contributed by atoms with Crippen LogP contribution in [0.15, 0.2) is 54.0 Å². The largest absolute Gasteiger partial charge is 0.478 e. The predicted octanol–water partition coefficient (Wildman–Crippen LogP) is 2.94. The monoisotopic (exact) mass is 276 g/mol. The van der Waals surface area contributed by atoms with Crippen LogP contribution in [-0.4, -0.2) is 16.1 Å². The highest BCUT2D eigenvalue weighted by Gasteiger charge is 2.29. The van der Waals surface area contributed by atoms with E-state index < -0.39 is 5.97 Å². The zero-order valence-electron chi connectivity index (χ0n) is 11.1. The smallest absolute Gasteiger partial charge is 0.336 e. The van der Waals surface area contributed by atoms with Gasteiger partial charge in [-0.1, -0.05) is 24.3 Å². The van der Waals surface area contributed by atoms with Crippen molar-refractivity contribution in [2.75, 3.05) is 5.32 Å². The summed E-state index contributed by atoms with van der Waals surface area (Å²) in [6.07, 6.45) is 5.90. The fraction of sp³-hybridized carbons (Fsp3) is 0.0588. The average Bonchev–Trinajstić information content (AvgIpc) is 2.50. The van der Waals surface area contributed by atoms with E-state index in [2.05, 4.69) is 10.3 Å². The summed E-state index contributed by atoms with van der Waals surface area (Å²) >= 11 is 0. The SMILES string of the molecule is O=C(O)C1=C2Cc3ccccc3C=C2Nc2ccncc21. The highest BCUT2D eigenvalue weighted by Crippen LogP contribution is 2.40. The van der Waals surface area contributed by atoms with Crippen LogP contribution in [0.5, 0.6) is 0 Å². The molecule has 4 rings (SSSR count). The number of carboxylic acids is 1. The zero-order valence-corrected chi connectivity index (χ0v) is 11.1. The number of aliphatic carboxylic acids is 1. The molecule has 2 aromatic rings. The maximum atomic E-state index is 11.7. The first kappa shape index (κ1) is 11.9. The van der Waals surface area contributed by atoms with Crippen molar-refractivity contribution in [2.24, 2.45) is 0 Å². The van der Waals surface area contributed by atoms with Crippen molar-refractivity contribution in [2.45, 2.75) is 6.42 Å². The van der Waals surface area contributed by atoms with Gasteiger partial charge in [-0.2, -0.15) is 0 Å². The molecule has 4 nitrogen and oxygen atoms in total. The van der Waals surface area contributed by atoms with Gasteiger partial charge < -0.3 is 10.4 Å². The molecular formula is C17H12N2O2. The van der Waals surface area contributed by atoms with Crippen LogP contribution in [-0.2, 0) is 11.2 Å². The van der Waals surface area contributed by atoms with Crippen LogP contribution < -0.4 is 5.32 Å². The molecule has 0 saturated heterocycles. The quantitative estimate of drug-likeness (QED) is 0.840. The summed E-state index contributed by atoms with van der Waals surface area (Å²) in [7, 11) is 0. The lowest BCUT2D eigenvalue weighted by atomic mass is 9.84. The molecule has 0 spiro atoms. The molecule has 1 aromatic heterocycles. The number of carboxylic acid groups (broad SMARTS) is 1. The number of anilines is 1. The molecule has 2 N–H and O–H groups in total. The molecule has 2 aliphatic rings. The van der Waals surface area contributed by atoms with E-state index in [0.717, 1.165) is 28.1 Å². The van der Waals surface area contributed by atoms with Gasteiger partial charge in [-0.15, -0.1) is 0 Å². The Labute approximate surface area is 121 Å². The van der Waals surface area contributed by atoms with E-state index in [1.54, 1.807) is 18.5 Å². The Bertz CT molecular complexity index is 834. The summed E-state index contributed by atoms with van der Waals surface area (Å²) < 4.78 is 0. The van der Waals surface area contributed by atoms with E-state index in [-0.39, 0.29) is 0 Å². The molecule has 4 heteroatoms. The molecule has 0 saturated carbocycles. The number of pyridine rings is 1. The number of benzene rings is 1. The van der Waals surface area contributed by atoms with Gasteiger partial charge in [0.25, 0.3) is 0 Å². The lowest BCUT2D eigenvalue weighted by Gasteiger charge is -2.28. The molecule has 1 aliphatic heterocycles. The Morgan fingerprint density at radius 1 is 1.24 bits per heavy atom. The van der Waals surface area contributed by atoms with Crippen molar-refractivity contribution in [3.05, 3.63) is 70.7 Å². The summed E-state index contributed by atoms with van der Waals surface area (Å²) in [5.74, 6) is -0.911. The number of hydrogen-bond donors (Lipinski definition) is 2. The van der Waals surface area contributed by atoms with Gasteiger partial charge in [0.1, 0.15) is 0 Å². The minimum absolute atomic E-state index is 0.345. The topological polar surface area (TPSA) is 62.2 Å². The van der Waals surface area contributed by atoms with Gasteiger partial charge in [0, 0.05) is 35.8 Å². The van der Waals surface area contributed by atoms with Gasteiger partial charge in [-0.05, 0) is 28.8 Å². The van der Waals surface area contributed by atoms with Gasteiger partial charge in [0.05, 0.1) is 5.57 Å². The zero-order chi connectivity index (χ0) is 14.4. The summed E-state index contributed by atoms with van der Waals surface area (Å²) in [4.78, 5) is 15.8. The van der Waals surface area contributed by atoms with Gasteiger partial charge >= 0.3 is 5.97 Å². The van der Waals surface area contributed by atoms with E-state index in [4.69, 9.17) is 0 Å². The van der Waals surface area contributed by atoms with E-state index in [1.807, 2.05) is 30.3 Å². The Morgan fingerprint density at radius 2 is 2.10 bits per heavy atom. The fourth-order valence-electron chi connectivity index (χ4n) is 2.95. The average molecular weight is 276 g/mol. The first-order valence-electron chi connectivity index (χ1n) is 6.72. The lowest BCUT2D eigenvalue weighted by molar-refractivity contribution is -0.130. The molecule has 0 fully saturated rings. The van der Waals surface area contributed by atoms with Crippen LogP contribution in [0.2, 0.25) is 0 Å². The first-order chi connectivity index (χ1) is 10.2. The third-order valence-corrected chi connectivity index (χ3v) is 3.92. The Morgan fingerprint density at radius 3 is 2.95 bits per heavy atom. The van der Waals surface area contributed by atoms with Gasteiger partial charge in [-0.25, -0.2) is 4.79 Å². The summed E-state index contributed by atoms with van der Waals surface area (Å²) in [5, 5.41) is 13.0. The van der Waals surface area contributed by atoms with Crippen molar-refractivity contribution in [1.82, 2.24) is 4.98 Å². The third-order valence-electron chi connectivity index (χ3n) is 3.92. The molecule has 2 heterocycles. The lowest BCUT2D eigenvalue weighted by Crippen LogP contribution is -2.20. The van der Waals surface area contributed by atoms with Crippen molar-refractivity contribution < 1.29 is 9.90 Å². The second kappa shape index (κ2) is 4.31. The molecule has 0 unspecified atom stereocenters. The van der Waals surface area contributed by atoms with Gasteiger partial charge in [0.2, 0.25) is 0 Å². The predicted molar refractivity (Wildman–Crippen MR) is 80.5 cm³/mol. The second-order valence-corrected chi connectivity index (χ2v) is 5.14. The van der Waals surface area contributed by atoms with E-state index in [9.17, 15) is 9.90 Å². The van der Waals surface area contributed by atoms with Crippen molar-refractivity contribution in [3.63, 3.8) is 0 Å². The number of hydrogen-bond acceptors (Lipinski definition) is 3. The van der Waals surface area contributed by atoms with Crippen LogP contribution in [0.4, 0.5) is 5.69 Å². The summed E-state index contributed by atoms with van der Waals surface area (Å²) in [6.45, 7) is 0. The van der Waals surface area contributed by atoms with Crippen LogP contribution >= 0.6 is 0 Å². The number of rotatable bonds is 1. The highest BCUT2D eigenvalue weighted by atomic mass is 16.4. The first-order valence-corrected chi connectivity index (χ1v) is 6.72. The number of allylic oxidation sites excluding steroid dienone is 1. The van der Waals surface area contributed by atoms with Gasteiger partial charge in [-0.3, -0.25) is 4.98 Å². The fourth-order valence-corrected chi connectivity index (χ4v) is 2.95. The van der Waals surface area contributed by atoms with E-state index in [1.165, 1.54) is 0 Å². The molecule has 1 aliphatic carbocycles. The van der Waals surface area contributed by atoms with Crippen molar-refractivity contribution in [3.8, 4) is 0 Å². The highest BCUT2D eigenvalue weighted by molar-refractivity contribution is 6.20. The number of aromatic nitrogens is 1. The van der Waals surface area contributed by atoms with E-state index in [0.29, 0.717) is 17.6 Å². The maximum Gasteiger partial charge on any atom is 0.336 e. The molecule has 102 valence electrons. The minimum atomic E-state index is -0.911. The molecule has 0 radical (unpaired) electrons. The van der Waals surface area contributed by atoms with Crippen LogP contribution in [0.3, 0.4) is 0 Å². The van der Waals surface area contributed by atoms with Crippen molar-refractivity contribution >= 4 is 23.3 Å². The standard InChI is InChI=1S/C17H12N2O2/c20-17(21)16-12-7-10-3-1-2-4-11(10)8-15(12)19-14-5-6-18-9-13(14)16/h1-6,8-9,19H,7H2,(H,20,21). The Balaban J connectivity index is 1.99. The summed E-state index contributed by atoms with van der Waals surface area (Å²) in [6, 6.07) is 9.85. The normalized spacial score (nSPS) is 15.3. The summed E-state index contributed by atoms with van der Waals surface area (Å²) in [5.41, 5.74) is 5.74. The number of carbonyl (C=O) groups is 1. The molecule has 1 aromatic carbocycles. The molecule has 0 atom stereocenters. The van der Waals surface area contributed by atoms with Crippen molar-refractivity contribution in [1.29, 1.82) is 0 Å². The molecule has 0 amide bonds. The molecular weight excluding hydrogens is 264 g/mol. The number of nitrogens with one attached hydrogen (secondary N) is 1. The molecule has 21 heavy (non-hydrogen) atoms. The number of fused-ring (bicyclic) bond motifs is 3. The Kier molecular flexibility index (Phi) is 2.44.